The minimum absolute atomic E-state index is 0.0436. The Hall–Kier alpha value is -3.54. The highest BCUT2D eigenvalue weighted by molar-refractivity contribution is 6.43. The summed E-state index contributed by atoms with van der Waals surface area (Å²) < 4.78 is 0. The zero-order valence-electron chi connectivity index (χ0n) is 27.9. The fourth-order valence-corrected chi connectivity index (χ4v) is 5.37. The van der Waals surface area contributed by atoms with E-state index in [2.05, 4.69) is 13.8 Å². The molecular weight excluding hydrogens is 548 g/mol. The Bertz CT molecular complexity index is 1350. The number of Topliss-reactive ketones (excluding diaryl/α,β-unsaturated/α-hetero) is 4. The van der Waals surface area contributed by atoms with Crippen molar-refractivity contribution in [3.8, 4) is 0 Å². The number of carbonyl (C=O) groups excluding carboxylic acids is 4. The Kier molecular flexibility index (Phi) is 16.4. The average Bonchev–Trinajstić information content (AvgIpc) is 2.94. The molecule has 0 bridgehead atoms. The summed E-state index contributed by atoms with van der Waals surface area (Å²) in [7, 11) is 0. The van der Waals surface area contributed by atoms with Gasteiger partial charge in [-0.2, -0.15) is 0 Å². The van der Waals surface area contributed by atoms with E-state index in [4.69, 9.17) is 9.98 Å². The van der Waals surface area contributed by atoms with Crippen molar-refractivity contribution >= 4 is 45.9 Å². The summed E-state index contributed by atoms with van der Waals surface area (Å²) in [6.07, 6.45) is 11.7. The predicted octanol–water partition coefficient (Wildman–Crippen LogP) is 9.00. The first-order valence-electron chi connectivity index (χ1n) is 16.4. The van der Waals surface area contributed by atoms with Crippen LogP contribution >= 0.6 is 0 Å². The SMILES string of the molecule is CCCCCCCCC(=Nc1ccc(CC(C)=O)c(CC(C)=O)c1)C(CCCC)=Nc1ccc(CC(C)=O)c(CC(C)=O)c1. The molecule has 0 saturated heterocycles. The second-order valence-corrected chi connectivity index (χ2v) is 12.2. The number of nitrogens with zero attached hydrogens (tertiary/aromatic N) is 2. The summed E-state index contributed by atoms with van der Waals surface area (Å²) in [5, 5.41) is 0. The first-order valence-corrected chi connectivity index (χ1v) is 16.4. The summed E-state index contributed by atoms with van der Waals surface area (Å²) in [5.41, 5.74) is 6.79. The molecule has 0 aliphatic carbocycles. The number of rotatable bonds is 21. The molecule has 238 valence electrons. The van der Waals surface area contributed by atoms with Gasteiger partial charge in [0.1, 0.15) is 23.1 Å². The van der Waals surface area contributed by atoms with Gasteiger partial charge in [0.25, 0.3) is 0 Å². The van der Waals surface area contributed by atoms with Crippen molar-refractivity contribution in [2.45, 2.75) is 131 Å². The summed E-state index contributed by atoms with van der Waals surface area (Å²) in [6, 6.07) is 11.6. The highest BCUT2D eigenvalue weighted by Crippen LogP contribution is 2.25. The van der Waals surface area contributed by atoms with Crippen molar-refractivity contribution in [1.29, 1.82) is 0 Å². The van der Waals surface area contributed by atoms with Gasteiger partial charge in [-0.25, -0.2) is 0 Å². The molecule has 2 aromatic carbocycles. The molecular formula is C38H52N2O4. The molecule has 0 saturated carbocycles. The van der Waals surface area contributed by atoms with Gasteiger partial charge in [-0.05, 0) is 99.9 Å². The van der Waals surface area contributed by atoms with Gasteiger partial charge < -0.3 is 0 Å². The van der Waals surface area contributed by atoms with E-state index in [1.807, 2.05) is 36.4 Å². The Morgan fingerprint density at radius 1 is 0.477 bits per heavy atom. The smallest absolute Gasteiger partial charge is 0.134 e. The zero-order chi connectivity index (χ0) is 32.5. The Morgan fingerprint density at radius 3 is 1.25 bits per heavy atom. The molecule has 2 rings (SSSR count). The number of hydrogen-bond acceptors (Lipinski definition) is 6. The summed E-state index contributed by atoms with van der Waals surface area (Å²) in [4.78, 5) is 58.1. The lowest BCUT2D eigenvalue weighted by atomic mass is 9.97. The maximum absolute atomic E-state index is 12.1. The topological polar surface area (TPSA) is 93.0 Å². The van der Waals surface area contributed by atoms with Crippen molar-refractivity contribution in [3.05, 3.63) is 58.7 Å². The Balaban J connectivity index is 2.61. The number of benzene rings is 2. The molecule has 6 nitrogen and oxygen atoms in total. The maximum atomic E-state index is 12.1. The lowest BCUT2D eigenvalue weighted by molar-refractivity contribution is -0.117. The lowest BCUT2D eigenvalue weighted by Crippen LogP contribution is -2.15. The molecule has 0 atom stereocenters. The van der Waals surface area contributed by atoms with E-state index in [1.165, 1.54) is 25.7 Å². The van der Waals surface area contributed by atoms with Crippen molar-refractivity contribution in [3.63, 3.8) is 0 Å². The molecule has 44 heavy (non-hydrogen) atoms. The van der Waals surface area contributed by atoms with Crippen LogP contribution in [0.2, 0.25) is 0 Å². The third-order valence-corrected chi connectivity index (χ3v) is 7.53. The van der Waals surface area contributed by atoms with Crippen LogP contribution in [0, 0.1) is 0 Å². The van der Waals surface area contributed by atoms with Crippen LogP contribution in [0.15, 0.2) is 46.4 Å². The standard InChI is InChI=1S/C38H52N2O4/c1-7-9-11-12-13-14-16-38(40-36-20-18-32(22-28(4)42)34(26-36)24-30(6)44)37(15-10-8-2)39-35-19-17-31(21-27(3)41)33(25-35)23-29(5)43/h17-20,25-26H,7-16,21-24H2,1-6H3. The number of unbranched alkanes of at least 4 members (excludes halogenated alkanes) is 6. The van der Waals surface area contributed by atoms with Gasteiger partial charge in [-0.3, -0.25) is 29.2 Å². The minimum atomic E-state index is 0.0436. The normalized spacial score (nSPS) is 12.0. The first-order chi connectivity index (χ1) is 21.0. The van der Waals surface area contributed by atoms with Gasteiger partial charge >= 0.3 is 0 Å². The van der Waals surface area contributed by atoms with Gasteiger partial charge in [0, 0.05) is 25.7 Å². The molecule has 0 aliphatic rings. The van der Waals surface area contributed by atoms with Crippen molar-refractivity contribution < 1.29 is 19.2 Å². The zero-order valence-corrected chi connectivity index (χ0v) is 27.9. The van der Waals surface area contributed by atoms with Gasteiger partial charge in [0.05, 0.1) is 22.8 Å². The van der Waals surface area contributed by atoms with Gasteiger partial charge in [0.2, 0.25) is 0 Å². The molecule has 0 spiro atoms. The monoisotopic (exact) mass is 600 g/mol. The van der Waals surface area contributed by atoms with Crippen LogP contribution < -0.4 is 0 Å². The Labute approximate surface area is 264 Å². The van der Waals surface area contributed by atoms with Crippen LogP contribution in [-0.2, 0) is 44.9 Å². The van der Waals surface area contributed by atoms with Crippen molar-refractivity contribution in [2.24, 2.45) is 9.98 Å². The predicted molar refractivity (Wildman–Crippen MR) is 182 cm³/mol. The number of aliphatic imine (C=N–C) groups is 2. The van der Waals surface area contributed by atoms with Gasteiger partial charge in [-0.1, -0.05) is 64.5 Å². The molecule has 0 radical (unpaired) electrons. The molecule has 0 heterocycles. The second kappa shape index (κ2) is 19.7. The van der Waals surface area contributed by atoms with Crippen LogP contribution in [-0.4, -0.2) is 34.6 Å². The summed E-state index contributed by atoms with van der Waals surface area (Å²) in [5.74, 6) is 0.203. The van der Waals surface area contributed by atoms with Crippen molar-refractivity contribution in [2.75, 3.05) is 0 Å². The van der Waals surface area contributed by atoms with Crippen LogP contribution in [0.25, 0.3) is 0 Å². The highest BCUT2D eigenvalue weighted by Gasteiger charge is 2.14. The quantitative estimate of drug-likeness (QED) is 0.106. The van der Waals surface area contributed by atoms with Gasteiger partial charge in [-0.15, -0.1) is 0 Å². The number of ketones is 4. The highest BCUT2D eigenvalue weighted by atomic mass is 16.1. The van der Waals surface area contributed by atoms with Crippen molar-refractivity contribution in [1.82, 2.24) is 0 Å². The minimum Gasteiger partial charge on any atom is -0.300 e. The average molecular weight is 601 g/mol. The summed E-state index contributed by atoms with van der Waals surface area (Å²) in [6.45, 7) is 10.6. The second-order valence-electron chi connectivity index (χ2n) is 12.2. The molecule has 0 amide bonds. The van der Waals surface area contributed by atoms with E-state index in [-0.39, 0.29) is 36.0 Å². The molecule has 0 aromatic heterocycles. The number of carbonyl (C=O) groups is 4. The molecule has 0 unspecified atom stereocenters. The molecule has 6 heteroatoms. The van der Waals surface area contributed by atoms with E-state index in [9.17, 15) is 19.2 Å². The molecule has 0 N–H and O–H groups in total. The van der Waals surface area contributed by atoms with Crippen LogP contribution in [0.5, 0.6) is 0 Å². The van der Waals surface area contributed by atoms with Crippen LogP contribution in [0.3, 0.4) is 0 Å². The van der Waals surface area contributed by atoms with E-state index in [0.717, 1.165) is 83.6 Å². The maximum Gasteiger partial charge on any atom is 0.134 e. The van der Waals surface area contributed by atoms with E-state index < -0.39 is 0 Å². The summed E-state index contributed by atoms with van der Waals surface area (Å²) >= 11 is 0. The van der Waals surface area contributed by atoms with E-state index in [0.29, 0.717) is 12.8 Å². The fourth-order valence-electron chi connectivity index (χ4n) is 5.37. The van der Waals surface area contributed by atoms with Gasteiger partial charge in [0.15, 0.2) is 0 Å². The largest absolute Gasteiger partial charge is 0.300 e. The third kappa shape index (κ3) is 13.8. The molecule has 0 aliphatic heterocycles. The van der Waals surface area contributed by atoms with E-state index >= 15 is 0 Å². The Morgan fingerprint density at radius 2 is 0.841 bits per heavy atom. The van der Waals surface area contributed by atoms with Crippen LogP contribution in [0.4, 0.5) is 11.4 Å². The lowest BCUT2D eigenvalue weighted by Gasteiger charge is -2.14. The van der Waals surface area contributed by atoms with Crippen LogP contribution in [0.1, 0.15) is 128 Å². The van der Waals surface area contributed by atoms with E-state index in [1.54, 1.807) is 27.7 Å². The first kappa shape index (κ1) is 36.7. The third-order valence-electron chi connectivity index (χ3n) is 7.53. The number of hydrogen-bond donors (Lipinski definition) is 0. The fraction of sp³-hybridized carbons (Fsp3) is 0.526. The molecule has 0 fully saturated rings. The molecule has 2 aromatic rings.